The molecule has 1 saturated heterocycles. The maximum absolute atomic E-state index is 12.7. The molecule has 1 aliphatic heterocycles. The molecule has 0 aliphatic carbocycles. The number of aromatic nitrogens is 4. The number of aryl methyl sites for hydroxylation is 1. The molecule has 0 saturated carbocycles. The van der Waals surface area contributed by atoms with Crippen molar-refractivity contribution in [2.45, 2.75) is 59.1 Å². The number of fused-ring (bicyclic) bond motifs is 1. The van der Waals surface area contributed by atoms with Crippen molar-refractivity contribution in [3.63, 3.8) is 0 Å². The molecule has 0 radical (unpaired) electrons. The lowest BCUT2D eigenvalue weighted by atomic mass is 10.0. The highest BCUT2D eigenvalue weighted by molar-refractivity contribution is 6.31. The van der Waals surface area contributed by atoms with E-state index in [2.05, 4.69) is 52.3 Å². The fraction of sp³-hybridized carbons (Fsp3) is 0.538. The molecule has 0 amide bonds. The molecular formula is C26H34ClF3N8O2. The zero-order chi connectivity index (χ0) is 29.0. The molecule has 0 spiro atoms. The van der Waals surface area contributed by atoms with Crippen LogP contribution >= 0.6 is 11.6 Å². The Bertz CT molecular complexity index is 1330. The number of carbonyl (C=O) groups is 1. The van der Waals surface area contributed by atoms with Gasteiger partial charge in [0, 0.05) is 61.7 Å². The van der Waals surface area contributed by atoms with Gasteiger partial charge in [0.2, 0.25) is 0 Å². The minimum absolute atomic E-state index is 0.0128. The lowest BCUT2D eigenvalue weighted by molar-refractivity contribution is -0.206. The number of anilines is 2. The number of carbonyl (C=O) groups excluding carboxylic acids is 1. The van der Waals surface area contributed by atoms with Crippen LogP contribution in [0.1, 0.15) is 37.6 Å². The number of alkyl halides is 3. The number of H-pyrrole nitrogens is 1. The summed E-state index contributed by atoms with van der Waals surface area (Å²) in [7, 11) is 0. The first-order valence-corrected chi connectivity index (χ1v) is 13.6. The van der Waals surface area contributed by atoms with Gasteiger partial charge < -0.3 is 19.9 Å². The van der Waals surface area contributed by atoms with E-state index in [9.17, 15) is 18.0 Å². The van der Waals surface area contributed by atoms with E-state index in [1.807, 2.05) is 19.1 Å². The Morgan fingerprint density at radius 3 is 2.52 bits per heavy atom. The molecular weight excluding hydrogens is 549 g/mol. The summed E-state index contributed by atoms with van der Waals surface area (Å²) >= 11 is 6.48. The summed E-state index contributed by atoms with van der Waals surface area (Å²) in [5.74, 6) is -1.35. The summed E-state index contributed by atoms with van der Waals surface area (Å²) in [5.41, 5.74) is 4.58. The number of rotatable bonds is 10. The number of nitrogens with one attached hydrogen (secondary N) is 3. The van der Waals surface area contributed by atoms with E-state index in [0.717, 1.165) is 66.3 Å². The van der Waals surface area contributed by atoms with Crippen molar-refractivity contribution in [2.75, 3.05) is 42.5 Å². The number of aromatic amines is 1. The standard InChI is InChI=1S/C26H34ClF3N8O2/c1-5-19-22-23(36-35-19)32-14-33-24(22)38-8-6-37(7-9-38)20-11-18(27)10-17(16(20)4)12-31-13-21(34-15(2)3)40-25(39)26(28,29)30/h10-11,14-15,21,31,34H,5-9,12-13H2,1-4H3,(H,32,33,35,36). The second-order valence-corrected chi connectivity index (χ2v) is 10.4. The zero-order valence-electron chi connectivity index (χ0n) is 22.9. The van der Waals surface area contributed by atoms with Gasteiger partial charge in [0.15, 0.2) is 11.9 Å². The topological polar surface area (TPSA) is 111 Å². The molecule has 10 nitrogen and oxygen atoms in total. The largest absolute Gasteiger partial charge is 0.490 e. The molecule has 1 aliphatic rings. The maximum Gasteiger partial charge on any atom is 0.490 e. The van der Waals surface area contributed by atoms with Gasteiger partial charge in [-0.25, -0.2) is 14.8 Å². The monoisotopic (exact) mass is 582 g/mol. The molecule has 14 heteroatoms. The summed E-state index contributed by atoms with van der Waals surface area (Å²) < 4.78 is 42.7. The highest BCUT2D eigenvalue weighted by atomic mass is 35.5. The molecule has 0 bridgehead atoms. The third-order valence-electron chi connectivity index (χ3n) is 6.78. The van der Waals surface area contributed by atoms with Crippen LogP contribution in [0.2, 0.25) is 5.02 Å². The van der Waals surface area contributed by atoms with Gasteiger partial charge >= 0.3 is 12.1 Å². The van der Waals surface area contributed by atoms with E-state index in [1.54, 1.807) is 13.8 Å². The van der Waals surface area contributed by atoms with Crippen molar-refractivity contribution >= 4 is 40.1 Å². The number of esters is 1. The summed E-state index contributed by atoms with van der Waals surface area (Å²) in [6.45, 7) is 10.9. The van der Waals surface area contributed by atoms with Crippen LogP contribution in [-0.2, 0) is 22.5 Å². The molecule has 40 heavy (non-hydrogen) atoms. The van der Waals surface area contributed by atoms with Crippen molar-refractivity contribution in [3.8, 4) is 0 Å². The van der Waals surface area contributed by atoms with Gasteiger partial charge in [0.05, 0.1) is 5.39 Å². The molecule has 1 fully saturated rings. The highest BCUT2D eigenvalue weighted by Gasteiger charge is 2.42. The van der Waals surface area contributed by atoms with Crippen molar-refractivity contribution in [3.05, 3.63) is 40.3 Å². The fourth-order valence-corrected chi connectivity index (χ4v) is 5.06. The number of hydrogen-bond acceptors (Lipinski definition) is 9. The molecule has 1 aromatic carbocycles. The predicted octanol–water partition coefficient (Wildman–Crippen LogP) is 3.72. The molecule has 1 atom stereocenters. The van der Waals surface area contributed by atoms with Crippen LogP contribution in [0.15, 0.2) is 18.5 Å². The molecule has 3 N–H and O–H groups in total. The molecule has 1 unspecified atom stereocenters. The van der Waals surface area contributed by atoms with Crippen LogP contribution in [0.3, 0.4) is 0 Å². The Labute approximate surface area is 235 Å². The van der Waals surface area contributed by atoms with Gasteiger partial charge in [-0.3, -0.25) is 10.4 Å². The minimum Gasteiger partial charge on any atom is -0.439 e. The van der Waals surface area contributed by atoms with Crippen LogP contribution < -0.4 is 20.4 Å². The van der Waals surface area contributed by atoms with E-state index in [1.165, 1.54) is 6.33 Å². The van der Waals surface area contributed by atoms with Gasteiger partial charge in [0.1, 0.15) is 12.1 Å². The average molecular weight is 583 g/mol. The third kappa shape index (κ3) is 6.94. The summed E-state index contributed by atoms with van der Waals surface area (Å²) in [4.78, 5) is 24.7. The number of hydrogen-bond donors (Lipinski definition) is 3. The van der Waals surface area contributed by atoms with Crippen LogP contribution in [0.25, 0.3) is 11.0 Å². The molecule has 3 heterocycles. The Balaban J connectivity index is 1.42. The molecule has 218 valence electrons. The lowest BCUT2D eigenvalue weighted by Gasteiger charge is -2.38. The van der Waals surface area contributed by atoms with Crippen LogP contribution in [0.5, 0.6) is 0 Å². The van der Waals surface area contributed by atoms with Gasteiger partial charge in [-0.2, -0.15) is 18.3 Å². The van der Waals surface area contributed by atoms with Gasteiger partial charge in [-0.05, 0) is 50.5 Å². The molecule has 2 aromatic heterocycles. The first-order valence-electron chi connectivity index (χ1n) is 13.2. The Kier molecular flexibility index (Phi) is 9.37. The summed E-state index contributed by atoms with van der Waals surface area (Å²) in [6.07, 6.45) is -3.86. The van der Waals surface area contributed by atoms with Crippen molar-refractivity contribution in [1.29, 1.82) is 0 Å². The van der Waals surface area contributed by atoms with E-state index in [0.29, 0.717) is 17.2 Å². The second kappa shape index (κ2) is 12.6. The van der Waals surface area contributed by atoms with Crippen molar-refractivity contribution in [2.24, 2.45) is 0 Å². The van der Waals surface area contributed by atoms with E-state index < -0.39 is 18.4 Å². The van der Waals surface area contributed by atoms with E-state index in [4.69, 9.17) is 11.6 Å². The van der Waals surface area contributed by atoms with E-state index in [-0.39, 0.29) is 12.6 Å². The zero-order valence-corrected chi connectivity index (χ0v) is 23.7. The average Bonchev–Trinajstić information content (AvgIpc) is 3.33. The van der Waals surface area contributed by atoms with Crippen molar-refractivity contribution < 1.29 is 22.7 Å². The van der Waals surface area contributed by atoms with E-state index >= 15 is 0 Å². The third-order valence-corrected chi connectivity index (χ3v) is 7.00. The first-order chi connectivity index (χ1) is 19.0. The van der Waals surface area contributed by atoms with Gasteiger partial charge in [-0.1, -0.05) is 18.5 Å². The van der Waals surface area contributed by atoms with Crippen molar-refractivity contribution in [1.82, 2.24) is 30.8 Å². The first kappa shape index (κ1) is 29.8. The summed E-state index contributed by atoms with van der Waals surface area (Å²) in [5, 5.41) is 14.8. The normalized spacial score (nSPS) is 15.2. The Morgan fingerprint density at radius 2 is 1.88 bits per heavy atom. The SMILES string of the molecule is CCc1[nH]nc2ncnc(N3CCN(c4cc(Cl)cc(CNCC(NC(C)C)OC(=O)C(F)(F)F)c4C)CC3)c12. The quantitative estimate of drug-likeness (QED) is 0.243. The Morgan fingerprint density at radius 1 is 1.18 bits per heavy atom. The number of nitrogens with zero attached hydrogens (tertiary/aromatic N) is 5. The van der Waals surface area contributed by atoms with Crippen LogP contribution in [0.4, 0.5) is 24.7 Å². The molecule has 4 rings (SSSR count). The highest BCUT2D eigenvalue weighted by Crippen LogP contribution is 2.31. The number of ether oxygens (including phenoxy) is 1. The van der Waals surface area contributed by atoms with Gasteiger partial charge in [-0.15, -0.1) is 0 Å². The Hall–Kier alpha value is -3.16. The lowest BCUT2D eigenvalue weighted by Crippen LogP contribution is -2.47. The summed E-state index contributed by atoms with van der Waals surface area (Å²) in [6, 6.07) is 3.57. The molecule has 3 aromatic rings. The predicted molar refractivity (Wildman–Crippen MR) is 148 cm³/mol. The van der Waals surface area contributed by atoms with Gasteiger partial charge in [0.25, 0.3) is 0 Å². The fourth-order valence-electron chi connectivity index (χ4n) is 4.83. The number of benzene rings is 1. The number of piperazine rings is 1. The minimum atomic E-state index is -5.06. The second-order valence-electron chi connectivity index (χ2n) is 9.98. The number of halogens is 4. The van der Waals surface area contributed by atoms with Crippen LogP contribution in [0, 0.1) is 6.92 Å². The maximum atomic E-state index is 12.7. The smallest absolute Gasteiger partial charge is 0.439 e. The van der Waals surface area contributed by atoms with Crippen LogP contribution in [-0.4, -0.2) is 77.3 Å².